The van der Waals surface area contributed by atoms with Crippen LogP contribution in [-0.4, -0.2) is 40.4 Å². The lowest BCUT2D eigenvalue weighted by Crippen LogP contribution is -2.32. The summed E-state index contributed by atoms with van der Waals surface area (Å²) in [6.45, 7) is 0.828. The molecule has 0 aliphatic carbocycles. The van der Waals surface area contributed by atoms with E-state index in [4.69, 9.17) is 5.73 Å². The number of amides is 1. The summed E-state index contributed by atoms with van der Waals surface area (Å²) in [6, 6.07) is 2.69. The van der Waals surface area contributed by atoms with Gasteiger partial charge in [0, 0.05) is 37.1 Å². The van der Waals surface area contributed by atoms with E-state index in [9.17, 15) is 18.0 Å². The van der Waals surface area contributed by atoms with E-state index in [0.29, 0.717) is 19.5 Å². The predicted octanol–water partition coefficient (Wildman–Crippen LogP) is 2.29. The lowest BCUT2D eigenvalue weighted by molar-refractivity contribution is -0.0329. The molecule has 4 nitrogen and oxygen atoms in total. The molecule has 0 bridgehead atoms. The van der Waals surface area contributed by atoms with Gasteiger partial charge >= 0.3 is 5.51 Å². The topological polar surface area (TPSA) is 59.2 Å². The number of alkyl halides is 3. The number of thioether (sulfide) groups is 1. The minimum absolute atomic E-state index is 0. The van der Waals surface area contributed by atoms with Crippen molar-refractivity contribution in [2.75, 3.05) is 13.1 Å². The third-order valence-electron chi connectivity index (χ3n) is 2.73. The van der Waals surface area contributed by atoms with Crippen LogP contribution in [0.5, 0.6) is 0 Å². The van der Waals surface area contributed by atoms with Gasteiger partial charge in [-0.1, -0.05) is 0 Å². The number of likely N-dealkylation sites (tertiary alicyclic amines) is 1. The Labute approximate surface area is 124 Å². The molecule has 0 spiro atoms. The fourth-order valence-electron chi connectivity index (χ4n) is 1.89. The summed E-state index contributed by atoms with van der Waals surface area (Å²) in [5.41, 5.74) is 1.19. The summed E-state index contributed by atoms with van der Waals surface area (Å²) >= 11 is -0.375. The number of nitrogens with two attached hydrogens (primary N) is 1. The van der Waals surface area contributed by atoms with Crippen molar-refractivity contribution in [2.45, 2.75) is 23.0 Å². The molecule has 1 saturated heterocycles. The highest BCUT2D eigenvalue weighted by Gasteiger charge is 2.34. The molecule has 9 heteroatoms. The molecule has 0 radical (unpaired) electrons. The van der Waals surface area contributed by atoms with Crippen molar-refractivity contribution in [3.05, 3.63) is 23.9 Å². The number of rotatable bonds is 2. The average Bonchev–Trinajstić information content (AvgIpc) is 2.74. The van der Waals surface area contributed by atoms with E-state index in [0.717, 1.165) is 0 Å². The van der Waals surface area contributed by atoms with Crippen LogP contribution in [0.15, 0.2) is 23.4 Å². The lowest BCUT2D eigenvalue weighted by Gasteiger charge is -2.17. The second-order valence-corrected chi connectivity index (χ2v) is 5.26. The average molecular weight is 328 g/mol. The van der Waals surface area contributed by atoms with Gasteiger partial charge in [-0.15, -0.1) is 12.4 Å². The van der Waals surface area contributed by atoms with Gasteiger partial charge < -0.3 is 10.6 Å². The monoisotopic (exact) mass is 327 g/mol. The van der Waals surface area contributed by atoms with Gasteiger partial charge in [0.15, 0.2) is 0 Å². The molecule has 2 N–H and O–H groups in total. The third kappa shape index (κ3) is 4.26. The third-order valence-corrected chi connectivity index (χ3v) is 3.48. The molecule has 112 valence electrons. The normalized spacial score (nSPS) is 18.8. The van der Waals surface area contributed by atoms with Crippen molar-refractivity contribution < 1.29 is 18.0 Å². The standard InChI is InChI=1S/C11H12F3N3OS.ClH/c12-11(13,14)19-9-8(2-1-4-16-9)10(18)17-5-3-7(15)6-17;/h1-2,4,7H,3,5-6,15H2;1H/t7-;/m1./s1. The smallest absolute Gasteiger partial charge is 0.337 e. The number of hydrogen-bond donors (Lipinski definition) is 1. The summed E-state index contributed by atoms with van der Waals surface area (Å²) in [4.78, 5) is 17.2. The molecule has 0 aromatic carbocycles. The van der Waals surface area contributed by atoms with Crippen LogP contribution in [0.1, 0.15) is 16.8 Å². The Hall–Kier alpha value is -0.990. The van der Waals surface area contributed by atoms with Crippen LogP contribution in [0.4, 0.5) is 13.2 Å². The van der Waals surface area contributed by atoms with Gasteiger partial charge in [0.25, 0.3) is 5.91 Å². The molecule has 2 heterocycles. The summed E-state index contributed by atoms with van der Waals surface area (Å²) in [5, 5.41) is -0.319. The van der Waals surface area contributed by atoms with Crippen LogP contribution < -0.4 is 5.73 Å². The highest BCUT2D eigenvalue weighted by molar-refractivity contribution is 8.00. The van der Waals surface area contributed by atoms with Crippen molar-refractivity contribution in [1.29, 1.82) is 0 Å². The number of aromatic nitrogens is 1. The highest BCUT2D eigenvalue weighted by Crippen LogP contribution is 2.37. The largest absolute Gasteiger partial charge is 0.447 e. The molecule has 1 fully saturated rings. The van der Waals surface area contributed by atoms with Crippen molar-refractivity contribution in [3.63, 3.8) is 0 Å². The van der Waals surface area contributed by atoms with E-state index in [1.807, 2.05) is 0 Å². The predicted molar refractivity (Wildman–Crippen MR) is 71.9 cm³/mol. The first-order valence-corrected chi connectivity index (χ1v) is 6.44. The fraction of sp³-hybridized carbons (Fsp3) is 0.455. The van der Waals surface area contributed by atoms with Crippen molar-refractivity contribution in [1.82, 2.24) is 9.88 Å². The molecule has 0 saturated carbocycles. The first-order valence-electron chi connectivity index (χ1n) is 5.62. The van der Waals surface area contributed by atoms with Gasteiger partial charge in [-0.25, -0.2) is 4.98 Å². The van der Waals surface area contributed by atoms with Gasteiger partial charge in [0.05, 0.1) is 5.56 Å². The van der Waals surface area contributed by atoms with Gasteiger partial charge in [-0.2, -0.15) is 13.2 Å². The van der Waals surface area contributed by atoms with Crippen LogP contribution in [0.2, 0.25) is 0 Å². The fourth-order valence-corrected chi connectivity index (χ4v) is 2.48. The molecule has 1 amide bonds. The maximum atomic E-state index is 12.4. The van der Waals surface area contributed by atoms with E-state index < -0.39 is 11.4 Å². The zero-order valence-corrected chi connectivity index (χ0v) is 11.9. The molecule has 1 aliphatic heterocycles. The maximum absolute atomic E-state index is 12.4. The molecular weight excluding hydrogens is 315 g/mol. The zero-order chi connectivity index (χ0) is 14.0. The summed E-state index contributed by atoms with van der Waals surface area (Å²) < 4.78 is 37.2. The van der Waals surface area contributed by atoms with Crippen molar-refractivity contribution in [2.24, 2.45) is 5.73 Å². The summed E-state index contributed by atoms with van der Waals surface area (Å²) in [6.07, 6.45) is 1.90. The zero-order valence-electron chi connectivity index (χ0n) is 10.3. The molecule has 20 heavy (non-hydrogen) atoms. The Kier molecular flexibility index (Phi) is 5.67. The number of halogens is 4. The Balaban J connectivity index is 0.00000200. The molecule has 1 aromatic rings. The van der Waals surface area contributed by atoms with Crippen LogP contribution >= 0.6 is 24.2 Å². The van der Waals surface area contributed by atoms with Crippen LogP contribution in [0.3, 0.4) is 0 Å². The second kappa shape index (κ2) is 6.64. The minimum Gasteiger partial charge on any atom is -0.337 e. The Morgan fingerprint density at radius 3 is 2.75 bits per heavy atom. The summed E-state index contributed by atoms with van der Waals surface area (Å²) in [7, 11) is 0. The van der Waals surface area contributed by atoms with E-state index in [2.05, 4.69) is 4.98 Å². The molecule has 1 atom stereocenters. The number of nitrogens with zero attached hydrogens (tertiary/aromatic N) is 2. The first kappa shape index (κ1) is 17.1. The second-order valence-electron chi connectivity index (χ2n) is 4.20. The van der Waals surface area contributed by atoms with Gasteiger partial charge in [0.2, 0.25) is 0 Å². The Morgan fingerprint density at radius 1 is 1.50 bits per heavy atom. The van der Waals surface area contributed by atoms with E-state index in [1.165, 1.54) is 23.2 Å². The molecule has 1 aliphatic rings. The highest BCUT2D eigenvalue weighted by atomic mass is 35.5. The SMILES string of the molecule is Cl.N[C@@H]1CCN(C(=O)c2cccnc2SC(F)(F)F)C1. The van der Waals surface area contributed by atoms with Gasteiger partial charge in [0.1, 0.15) is 5.03 Å². The number of carbonyl (C=O) groups is 1. The number of hydrogen-bond acceptors (Lipinski definition) is 4. The Morgan fingerprint density at radius 2 is 2.20 bits per heavy atom. The van der Waals surface area contributed by atoms with E-state index in [-0.39, 0.29) is 40.8 Å². The van der Waals surface area contributed by atoms with Crippen LogP contribution in [0, 0.1) is 0 Å². The number of pyridine rings is 1. The quantitative estimate of drug-likeness (QED) is 0.847. The Bertz CT molecular complexity index is 486. The van der Waals surface area contributed by atoms with E-state index in [1.54, 1.807) is 0 Å². The lowest BCUT2D eigenvalue weighted by atomic mass is 10.2. The number of carbonyl (C=O) groups excluding carboxylic acids is 1. The maximum Gasteiger partial charge on any atom is 0.447 e. The van der Waals surface area contributed by atoms with Crippen molar-refractivity contribution >= 4 is 30.1 Å². The summed E-state index contributed by atoms with van der Waals surface area (Å²) in [5.74, 6) is -0.451. The van der Waals surface area contributed by atoms with Crippen LogP contribution in [-0.2, 0) is 0 Å². The first-order chi connectivity index (χ1) is 8.87. The van der Waals surface area contributed by atoms with Crippen LogP contribution in [0.25, 0.3) is 0 Å². The minimum atomic E-state index is -4.47. The molecular formula is C11H13ClF3N3OS. The van der Waals surface area contributed by atoms with E-state index >= 15 is 0 Å². The molecule has 0 unspecified atom stereocenters. The van der Waals surface area contributed by atoms with Gasteiger partial charge in [-0.3, -0.25) is 4.79 Å². The molecule has 2 rings (SSSR count). The van der Waals surface area contributed by atoms with Gasteiger partial charge in [-0.05, 0) is 18.6 Å². The van der Waals surface area contributed by atoms with Crippen molar-refractivity contribution in [3.8, 4) is 0 Å². The molecule has 1 aromatic heterocycles.